The van der Waals surface area contributed by atoms with E-state index in [1.54, 1.807) is 0 Å². The fourth-order valence-electron chi connectivity index (χ4n) is 1.19. The lowest BCUT2D eigenvalue weighted by atomic mass is 9.88. The lowest BCUT2D eigenvalue weighted by Crippen LogP contribution is -2.11. The van der Waals surface area contributed by atoms with E-state index >= 15 is 0 Å². The second-order valence-electron chi connectivity index (χ2n) is 4.88. The Kier molecular flexibility index (Phi) is 2.74. The Morgan fingerprint density at radius 3 is 2.08 bits per heavy atom. The molecule has 0 aliphatic carbocycles. The van der Waals surface area contributed by atoms with Gasteiger partial charge in [0, 0.05) is 11.9 Å². The third-order valence-electron chi connectivity index (χ3n) is 2.24. The highest BCUT2D eigenvalue weighted by Crippen LogP contribution is 2.22. The molecular formula is C12H19N. The predicted octanol–water partition coefficient (Wildman–Crippen LogP) is 3.50. The van der Waals surface area contributed by atoms with Crippen LogP contribution in [0.5, 0.6) is 0 Å². The number of pyridine rings is 1. The van der Waals surface area contributed by atoms with Crippen molar-refractivity contribution in [3.63, 3.8) is 0 Å². The zero-order valence-corrected chi connectivity index (χ0v) is 9.26. The fraction of sp³-hybridized carbons (Fsp3) is 0.583. The maximum absolute atomic E-state index is 4.44. The van der Waals surface area contributed by atoms with Crippen LogP contribution in [0, 0.1) is 0 Å². The Morgan fingerprint density at radius 1 is 1.15 bits per heavy atom. The highest BCUT2D eigenvalue weighted by atomic mass is 14.7. The van der Waals surface area contributed by atoms with Gasteiger partial charge in [-0.1, -0.05) is 40.7 Å². The molecule has 1 aromatic rings. The van der Waals surface area contributed by atoms with E-state index in [0.29, 0.717) is 5.92 Å². The first-order valence-electron chi connectivity index (χ1n) is 4.87. The van der Waals surface area contributed by atoms with Gasteiger partial charge in [0.15, 0.2) is 0 Å². The average molecular weight is 177 g/mol. The van der Waals surface area contributed by atoms with Gasteiger partial charge in [-0.2, -0.15) is 0 Å². The molecule has 0 bridgehead atoms. The maximum Gasteiger partial charge on any atom is 0.0429 e. The largest absolute Gasteiger partial charge is 0.261 e. The molecule has 0 spiro atoms. The van der Waals surface area contributed by atoms with E-state index < -0.39 is 0 Å². The van der Waals surface area contributed by atoms with Gasteiger partial charge in [-0.25, -0.2) is 0 Å². The third-order valence-corrected chi connectivity index (χ3v) is 2.24. The summed E-state index contributed by atoms with van der Waals surface area (Å²) in [6, 6.07) is 4.31. The van der Waals surface area contributed by atoms with Crippen molar-refractivity contribution in [2.24, 2.45) is 0 Å². The lowest BCUT2D eigenvalue weighted by Gasteiger charge is -2.18. The van der Waals surface area contributed by atoms with Crippen LogP contribution in [0.2, 0.25) is 0 Å². The minimum Gasteiger partial charge on any atom is -0.261 e. The Labute approximate surface area is 81.2 Å². The van der Waals surface area contributed by atoms with Crippen LogP contribution in [0.1, 0.15) is 51.8 Å². The van der Waals surface area contributed by atoms with E-state index in [2.05, 4.69) is 51.7 Å². The average Bonchev–Trinajstić information content (AvgIpc) is 2.03. The molecule has 72 valence electrons. The lowest BCUT2D eigenvalue weighted by molar-refractivity contribution is 0.586. The molecule has 0 saturated carbocycles. The molecule has 1 nitrogen and oxygen atoms in total. The van der Waals surface area contributed by atoms with Gasteiger partial charge >= 0.3 is 0 Å². The van der Waals surface area contributed by atoms with Crippen LogP contribution in [-0.4, -0.2) is 4.98 Å². The summed E-state index contributed by atoms with van der Waals surface area (Å²) >= 11 is 0. The van der Waals surface area contributed by atoms with Crippen molar-refractivity contribution in [2.45, 2.75) is 46.0 Å². The van der Waals surface area contributed by atoms with Crippen molar-refractivity contribution in [3.8, 4) is 0 Å². The van der Waals surface area contributed by atoms with Crippen LogP contribution in [0.4, 0.5) is 0 Å². The van der Waals surface area contributed by atoms with Crippen molar-refractivity contribution in [1.82, 2.24) is 4.98 Å². The summed E-state index contributed by atoms with van der Waals surface area (Å²) < 4.78 is 0. The van der Waals surface area contributed by atoms with Crippen molar-refractivity contribution in [2.75, 3.05) is 0 Å². The molecular weight excluding hydrogens is 158 g/mol. The zero-order valence-electron chi connectivity index (χ0n) is 9.26. The molecule has 1 rings (SSSR count). The number of hydrogen-bond donors (Lipinski definition) is 0. The molecule has 0 radical (unpaired) electrons. The van der Waals surface area contributed by atoms with Gasteiger partial charge in [-0.15, -0.1) is 0 Å². The summed E-state index contributed by atoms with van der Waals surface area (Å²) in [6.07, 6.45) is 2.00. The minimum atomic E-state index is 0.211. The fourth-order valence-corrected chi connectivity index (χ4v) is 1.19. The van der Waals surface area contributed by atoms with Gasteiger partial charge in [0.05, 0.1) is 0 Å². The van der Waals surface area contributed by atoms with E-state index in [9.17, 15) is 0 Å². The van der Waals surface area contributed by atoms with Crippen LogP contribution in [-0.2, 0) is 5.41 Å². The van der Waals surface area contributed by atoms with Crippen LogP contribution >= 0.6 is 0 Å². The summed E-state index contributed by atoms with van der Waals surface area (Å²) in [6.45, 7) is 11.0. The highest BCUT2D eigenvalue weighted by Gasteiger charge is 2.13. The highest BCUT2D eigenvalue weighted by molar-refractivity contribution is 5.22. The van der Waals surface area contributed by atoms with Gasteiger partial charge in [0.1, 0.15) is 0 Å². The molecule has 0 aliphatic rings. The standard InChI is InChI=1S/C12H19N/c1-9(2)11-7-6-10(8-13-11)12(3,4)5/h6-9H,1-5H3. The number of aromatic nitrogens is 1. The van der Waals surface area contributed by atoms with Gasteiger partial charge in [0.2, 0.25) is 0 Å². The summed E-state index contributed by atoms with van der Waals surface area (Å²) in [4.78, 5) is 4.44. The predicted molar refractivity (Wildman–Crippen MR) is 57.0 cm³/mol. The van der Waals surface area contributed by atoms with Crippen molar-refractivity contribution < 1.29 is 0 Å². The molecule has 0 aromatic carbocycles. The molecule has 0 amide bonds. The molecule has 1 heterocycles. The summed E-state index contributed by atoms with van der Waals surface area (Å²) in [5.41, 5.74) is 2.69. The number of hydrogen-bond acceptors (Lipinski definition) is 1. The first-order chi connectivity index (χ1) is 5.91. The first kappa shape index (κ1) is 10.2. The molecule has 0 fully saturated rings. The van der Waals surface area contributed by atoms with E-state index in [-0.39, 0.29) is 5.41 Å². The summed E-state index contributed by atoms with van der Waals surface area (Å²) in [7, 11) is 0. The third kappa shape index (κ3) is 2.55. The molecule has 1 heteroatoms. The van der Waals surface area contributed by atoms with Crippen molar-refractivity contribution in [3.05, 3.63) is 29.6 Å². The van der Waals surface area contributed by atoms with Gasteiger partial charge in [0.25, 0.3) is 0 Å². The first-order valence-corrected chi connectivity index (χ1v) is 4.87. The number of nitrogens with zero attached hydrogens (tertiary/aromatic N) is 1. The SMILES string of the molecule is CC(C)c1ccc(C(C)(C)C)cn1. The smallest absolute Gasteiger partial charge is 0.0429 e. The second-order valence-corrected chi connectivity index (χ2v) is 4.88. The van der Waals surface area contributed by atoms with Crippen molar-refractivity contribution in [1.29, 1.82) is 0 Å². The van der Waals surface area contributed by atoms with Crippen LogP contribution in [0.15, 0.2) is 18.3 Å². The second kappa shape index (κ2) is 3.49. The Morgan fingerprint density at radius 2 is 1.77 bits per heavy atom. The normalized spacial score (nSPS) is 12.2. The van der Waals surface area contributed by atoms with Crippen molar-refractivity contribution >= 4 is 0 Å². The topological polar surface area (TPSA) is 12.9 Å². The van der Waals surface area contributed by atoms with Gasteiger partial charge in [-0.05, 0) is 23.0 Å². The van der Waals surface area contributed by atoms with Crippen LogP contribution in [0.3, 0.4) is 0 Å². The van der Waals surface area contributed by atoms with Crippen LogP contribution in [0.25, 0.3) is 0 Å². The molecule has 0 atom stereocenters. The Hall–Kier alpha value is -0.850. The van der Waals surface area contributed by atoms with E-state index in [4.69, 9.17) is 0 Å². The molecule has 13 heavy (non-hydrogen) atoms. The molecule has 0 N–H and O–H groups in total. The molecule has 0 aliphatic heterocycles. The zero-order chi connectivity index (χ0) is 10.1. The Balaban J connectivity index is 2.94. The molecule has 0 unspecified atom stereocenters. The molecule has 1 aromatic heterocycles. The summed E-state index contributed by atoms with van der Waals surface area (Å²) in [5.74, 6) is 0.522. The molecule has 0 saturated heterocycles. The van der Waals surface area contributed by atoms with E-state index in [1.807, 2.05) is 6.20 Å². The number of rotatable bonds is 1. The van der Waals surface area contributed by atoms with Crippen LogP contribution < -0.4 is 0 Å². The van der Waals surface area contributed by atoms with E-state index in [1.165, 1.54) is 11.3 Å². The summed E-state index contributed by atoms with van der Waals surface area (Å²) in [5, 5.41) is 0. The van der Waals surface area contributed by atoms with Gasteiger partial charge in [-0.3, -0.25) is 4.98 Å². The van der Waals surface area contributed by atoms with Gasteiger partial charge < -0.3 is 0 Å². The Bertz CT molecular complexity index is 264. The monoisotopic (exact) mass is 177 g/mol. The quantitative estimate of drug-likeness (QED) is 0.639. The minimum absolute atomic E-state index is 0.211. The van der Waals surface area contributed by atoms with E-state index in [0.717, 1.165) is 0 Å². The maximum atomic E-state index is 4.44.